The lowest BCUT2D eigenvalue weighted by Crippen LogP contribution is -2.13. The summed E-state index contributed by atoms with van der Waals surface area (Å²) in [5.41, 5.74) is 4.37. The van der Waals surface area contributed by atoms with Gasteiger partial charge in [-0.1, -0.05) is 43.2 Å². The summed E-state index contributed by atoms with van der Waals surface area (Å²) in [6, 6.07) is 13.6. The maximum atomic E-state index is 11.3. The van der Waals surface area contributed by atoms with Crippen LogP contribution in [-0.2, 0) is 0 Å². The smallest absolute Gasteiger partial charge is 0.272 e. The van der Waals surface area contributed by atoms with Crippen LogP contribution in [0.25, 0.3) is 0 Å². The minimum atomic E-state index is -0.653. The van der Waals surface area contributed by atoms with E-state index in [9.17, 15) is 20.2 Å². The van der Waals surface area contributed by atoms with Gasteiger partial charge in [0.15, 0.2) is 0 Å². The van der Waals surface area contributed by atoms with Gasteiger partial charge in [-0.05, 0) is 30.9 Å². The van der Waals surface area contributed by atoms with Crippen LogP contribution in [-0.4, -0.2) is 15.6 Å². The number of non-ortho nitro benzene ring substituents is 1. The van der Waals surface area contributed by atoms with E-state index in [1.165, 1.54) is 17.7 Å². The molecule has 0 bridgehead atoms. The van der Waals surface area contributed by atoms with Crippen molar-refractivity contribution in [3.8, 4) is 0 Å². The molecule has 140 valence electrons. The van der Waals surface area contributed by atoms with Crippen molar-refractivity contribution in [2.24, 2.45) is 5.10 Å². The number of hydrogen-bond donors (Lipinski definition) is 1. The number of hydrazone groups is 1. The van der Waals surface area contributed by atoms with Crippen molar-refractivity contribution in [1.82, 2.24) is 0 Å². The highest BCUT2D eigenvalue weighted by molar-refractivity contribution is 5.92. The van der Waals surface area contributed by atoms with Gasteiger partial charge in [0.2, 0.25) is 0 Å². The molecule has 0 saturated heterocycles. The lowest BCUT2D eigenvalue weighted by Gasteiger charge is -2.17. The predicted octanol–water partition coefficient (Wildman–Crippen LogP) is 5.02. The van der Waals surface area contributed by atoms with Crippen molar-refractivity contribution in [3.63, 3.8) is 0 Å². The molecule has 1 fully saturated rings. The topological polar surface area (TPSA) is 111 Å². The highest BCUT2D eigenvalue weighted by Crippen LogP contribution is 2.32. The predicted molar refractivity (Wildman–Crippen MR) is 103 cm³/mol. The van der Waals surface area contributed by atoms with Crippen LogP contribution >= 0.6 is 0 Å². The lowest BCUT2D eigenvalue weighted by atomic mass is 9.90. The highest BCUT2D eigenvalue weighted by Gasteiger charge is 2.23. The number of anilines is 1. The molecule has 0 spiro atoms. The Kier molecular flexibility index (Phi) is 5.75. The molecule has 1 N–H and O–H groups in total. The summed E-state index contributed by atoms with van der Waals surface area (Å²) in [5, 5.41) is 26.6. The van der Waals surface area contributed by atoms with Crippen LogP contribution in [0.4, 0.5) is 17.1 Å². The number of nitrogens with zero attached hydrogens (tertiary/aromatic N) is 3. The lowest BCUT2D eigenvalue weighted by molar-refractivity contribution is -0.393. The zero-order valence-corrected chi connectivity index (χ0v) is 14.7. The second-order valence-corrected chi connectivity index (χ2v) is 6.49. The van der Waals surface area contributed by atoms with E-state index in [0.29, 0.717) is 0 Å². The molecule has 2 aromatic carbocycles. The minimum Gasteiger partial charge on any atom is -0.272 e. The number of nitrogens with one attached hydrogen (secondary N) is 1. The van der Waals surface area contributed by atoms with Crippen LogP contribution in [0, 0.1) is 20.2 Å². The zero-order valence-electron chi connectivity index (χ0n) is 14.7. The average Bonchev–Trinajstić information content (AvgIpc) is 2.92. The molecular weight excluding hydrogens is 348 g/mol. The molecule has 0 aromatic heterocycles. The molecule has 8 heteroatoms. The summed E-state index contributed by atoms with van der Waals surface area (Å²) in [6.45, 7) is 0. The summed E-state index contributed by atoms with van der Waals surface area (Å²) in [5.74, 6) is 0.165. The molecule has 1 aliphatic carbocycles. The van der Waals surface area contributed by atoms with Crippen LogP contribution in [0.5, 0.6) is 0 Å². The molecule has 8 nitrogen and oxygen atoms in total. The molecule has 1 atom stereocenters. The van der Waals surface area contributed by atoms with E-state index < -0.39 is 9.85 Å². The minimum absolute atomic E-state index is 0.147. The van der Waals surface area contributed by atoms with Gasteiger partial charge in [-0.2, -0.15) is 5.10 Å². The molecule has 0 radical (unpaired) electrons. The monoisotopic (exact) mass is 368 g/mol. The van der Waals surface area contributed by atoms with Crippen LogP contribution in [0.1, 0.15) is 43.6 Å². The van der Waals surface area contributed by atoms with Gasteiger partial charge in [-0.3, -0.25) is 25.7 Å². The number of nitro benzene ring substituents is 2. The van der Waals surface area contributed by atoms with Crippen molar-refractivity contribution in [2.75, 3.05) is 5.43 Å². The standard InChI is InChI=1S/C19H20N4O4/c24-22(25)15-11-12-18(19(13-15)23(26)27)21-20-17-10-6-2-5-9-16(17)14-7-3-1-4-8-14/h1,3-4,7-8,11-13,16,21H,2,5-6,9-10H2/b20-17-. The van der Waals surface area contributed by atoms with Crippen molar-refractivity contribution < 1.29 is 9.85 Å². The molecule has 1 saturated carbocycles. The van der Waals surface area contributed by atoms with E-state index in [4.69, 9.17) is 0 Å². The fourth-order valence-corrected chi connectivity index (χ4v) is 3.36. The molecule has 0 amide bonds. The van der Waals surface area contributed by atoms with Gasteiger partial charge in [0.1, 0.15) is 5.69 Å². The normalized spacial score (nSPS) is 18.7. The Labute approximate surface area is 156 Å². The van der Waals surface area contributed by atoms with Crippen molar-refractivity contribution in [1.29, 1.82) is 0 Å². The molecular formula is C19H20N4O4. The quantitative estimate of drug-likeness (QED) is 0.452. The Hall–Kier alpha value is -3.29. The Balaban J connectivity index is 1.90. The molecule has 0 aliphatic heterocycles. The van der Waals surface area contributed by atoms with Crippen LogP contribution in [0.3, 0.4) is 0 Å². The van der Waals surface area contributed by atoms with Gasteiger partial charge in [0.25, 0.3) is 5.69 Å². The van der Waals surface area contributed by atoms with Crippen LogP contribution in [0.15, 0.2) is 53.6 Å². The Morgan fingerprint density at radius 1 is 0.963 bits per heavy atom. The van der Waals surface area contributed by atoms with E-state index in [1.54, 1.807) is 0 Å². The average molecular weight is 368 g/mol. The SMILES string of the molecule is O=[N+]([O-])c1ccc(N/N=C2/CCCCCC2c2ccccc2)c([N+](=O)[O-])c1. The van der Waals surface area contributed by atoms with Gasteiger partial charge < -0.3 is 0 Å². The summed E-state index contributed by atoms with van der Waals surface area (Å²) < 4.78 is 0. The van der Waals surface area contributed by atoms with Crippen molar-refractivity contribution in [2.45, 2.75) is 38.0 Å². The van der Waals surface area contributed by atoms with E-state index in [0.717, 1.165) is 43.9 Å². The first-order valence-electron chi connectivity index (χ1n) is 8.86. The second kappa shape index (κ2) is 8.39. The van der Waals surface area contributed by atoms with Crippen molar-refractivity contribution >= 4 is 22.8 Å². The Morgan fingerprint density at radius 3 is 2.44 bits per heavy atom. The van der Waals surface area contributed by atoms with Crippen LogP contribution < -0.4 is 5.43 Å². The van der Waals surface area contributed by atoms with Crippen molar-refractivity contribution in [3.05, 3.63) is 74.3 Å². The maximum absolute atomic E-state index is 11.3. The summed E-state index contributed by atoms with van der Waals surface area (Å²) in [7, 11) is 0. The van der Waals surface area contributed by atoms with Crippen LogP contribution in [0.2, 0.25) is 0 Å². The first-order chi connectivity index (χ1) is 13.1. The second-order valence-electron chi connectivity index (χ2n) is 6.49. The maximum Gasteiger partial charge on any atom is 0.301 e. The first-order valence-corrected chi connectivity index (χ1v) is 8.86. The van der Waals surface area contributed by atoms with E-state index in [2.05, 4.69) is 22.7 Å². The molecule has 27 heavy (non-hydrogen) atoms. The third-order valence-corrected chi connectivity index (χ3v) is 4.74. The third kappa shape index (κ3) is 4.46. The number of rotatable bonds is 5. The number of benzene rings is 2. The van der Waals surface area contributed by atoms with Gasteiger partial charge in [0.05, 0.1) is 15.9 Å². The molecule has 0 heterocycles. The van der Waals surface area contributed by atoms with E-state index >= 15 is 0 Å². The Morgan fingerprint density at radius 2 is 1.74 bits per heavy atom. The zero-order chi connectivity index (χ0) is 19.2. The summed E-state index contributed by atoms with van der Waals surface area (Å²) >= 11 is 0. The first kappa shape index (κ1) is 18.5. The Bertz CT molecular complexity index is 867. The van der Waals surface area contributed by atoms with E-state index in [-0.39, 0.29) is 23.0 Å². The fraction of sp³-hybridized carbons (Fsp3) is 0.316. The summed E-state index contributed by atoms with van der Waals surface area (Å²) in [6.07, 6.45) is 5.04. The van der Waals surface area contributed by atoms with Gasteiger partial charge in [-0.25, -0.2) is 0 Å². The fourth-order valence-electron chi connectivity index (χ4n) is 3.36. The van der Waals surface area contributed by atoms with Gasteiger partial charge in [0, 0.05) is 17.7 Å². The highest BCUT2D eigenvalue weighted by atomic mass is 16.6. The largest absolute Gasteiger partial charge is 0.301 e. The van der Waals surface area contributed by atoms with Gasteiger partial charge in [-0.15, -0.1) is 0 Å². The van der Waals surface area contributed by atoms with E-state index in [1.807, 2.05) is 18.2 Å². The molecule has 1 unspecified atom stereocenters. The number of hydrogen-bond acceptors (Lipinski definition) is 6. The molecule has 1 aliphatic rings. The summed E-state index contributed by atoms with van der Waals surface area (Å²) in [4.78, 5) is 20.9. The molecule has 3 rings (SSSR count). The number of nitro groups is 2. The van der Waals surface area contributed by atoms with Gasteiger partial charge >= 0.3 is 5.69 Å². The third-order valence-electron chi connectivity index (χ3n) is 4.74. The molecule has 2 aromatic rings.